The standard InChI is InChI=1S/C13H15Cl2NO2.ClH/c14-11-1-2-13(15)10(7-11)8-12(17)9-16-3-5-18-6-4-16;/h1-2,7H,3-6,8-9H2;1H. The number of ether oxygens (including phenoxy) is 1. The monoisotopic (exact) mass is 323 g/mol. The second-order valence-electron chi connectivity index (χ2n) is 4.34. The van der Waals surface area contributed by atoms with Crippen molar-refractivity contribution in [2.24, 2.45) is 0 Å². The highest BCUT2D eigenvalue weighted by atomic mass is 35.5. The predicted molar refractivity (Wildman–Crippen MR) is 79.7 cm³/mol. The Kier molecular flexibility index (Phi) is 7.11. The number of nitrogens with zero attached hydrogens (tertiary/aromatic N) is 1. The van der Waals surface area contributed by atoms with Crippen LogP contribution in [0.15, 0.2) is 18.2 Å². The Balaban J connectivity index is 0.00000180. The van der Waals surface area contributed by atoms with Crippen LogP contribution in [0, 0.1) is 0 Å². The zero-order valence-electron chi connectivity index (χ0n) is 10.4. The summed E-state index contributed by atoms with van der Waals surface area (Å²) in [4.78, 5) is 14.1. The minimum Gasteiger partial charge on any atom is -0.379 e. The number of hydrogen-bond donors (Lipinski definition) is 0. The van der Waals surface area contributed by atoms with Crippen molar-refractivity contribution >= 4 is 41.4 Å². The van der Waals surface area contributed by atoms with Gasteiger partial charge in [0.15, 0.2) is 5.78 Å². The van der Waals surface area contributed by atoms with E-state index >= 15 is 0 Å². The second-order valence-corrected chi connectivity index (χ2v) is 5.18. The average molecular weight is 325 g/mol. The van der Waals surface area contributed by atoms with Crippen molar-refractivity contribution in [3.8, 4) is 0 Å². The maximum atomic E-state index is 12.0. The molecule has 0 amide bonds. The van der Waals surface area contributed by atoms with Gasteiger partial charge >= 0.3 is 0 Å². The normalized spacial score (nSPS) is 15.9. The minimum atomic E-state index is 0. The van der Waals surface area contributed by atoms with Crippen molar-refractivity contribution in [3.63, 3.8) is 0 Å². The van der Waals surface area contributed by atoms with Gasteiger partial charge in [0.25, 0.3) is 0 Å². The number of carbonyl (C=O) groups excluding carboxylic acids is 1. The van der Waals surface area contributed by atoms with Crippen LogP contribution >= 0.6 is 35.6 Å². The van der Waals surface area contributed by atoms with Crippen molar-refractivity contribution in [1.82, 2.24) is 4.90 Å². The highest BCUT2D eigenvalue weighted by Crippen LogP contribution is 2.21. The Hall–Kier alpha value is -0.320. The summed E-state index contributed by atoms with van der Waals surface area (Å²) >= 11 is 11.9. The van der Waals surface area contributed by atoms with Crippen molar-refractivity contribution in [3.05, 3.63) is 33.8 Å². The number of morpholine rings is 1. The molecule has 2 rings (SSSR count). The topological polar surface area (TPSA) is 29.5 Å². The lowest BCUT2D eigenvalue weighted by molar-refractivity contribution is -0.120. The molecular formula is C13H16Cl3NO2. The molecule has 0 N–H and O–H groups in total. The van der Waals surface area contributed by atoms with E-state index in [4.69, 9.17) is 27.9 Å². The summed E-state index contributed by atoms with van der Waals surface area (Å²) in [6.07, 6.45) is 0.330. The molecule has 1 aliphatic heterocycles. The Morgan fingerprint density at radius 2 is 1.95 bits per heavy atom. The molecule has 1 heterocycles. The van der Waals surface area contributed by atoms with Gasteiger partial charge in [-0.05, 0) is 23.8 Å². The van der Waals surface area contributed by atoms with Crippen molar-refractivity contribution < 1.29 is 9.53 Å². The molecule has 6 heteroatoms. The molecule has 1 aromatic rings. The number of hydrogen-bond acceptors (Lipinski definition) is 3. The lowest BCUT2D eigenvalue weighted by Gasteiger charge is -2.25. The lowest BCUT2D eigenvalue weighted by atomic mass is 10.1. The van der Waals surface area contributed by atoms with Gasteiger partial charge in [0.05, 0.1) is 19.8 Å². The molecule has 106 valence electrons. The van der Waals surface area contributed by atoms with E-state index in [1.807, 2.05) is 0 Å². The fourth-order valence-corrected chi connectivity index (χ4v) is 2.33. The van der Waals surface area contributed by atoms with Gasteiger partial charge < -0.3 is 4.74 Å². The summed E-state index contributed by atoms with van der Waals surface area (Å²) in [5, 5.41) is 1.20. The van der Waals surface area contributed by atoms with Crippen LogP contribution in [0.3, 0.4) is 0 Å². The summed E-state index contributed by atoms with van der Waals surface area (Å²) in [7, 11) is 0. The van der Waals surface area contributed by atoms with Gasteiger partial charge in [-0.3, -0.25) is 9.69 Å². The van der Waals surface area contributed by atoms with E-state index in [0.29, 0.717) is 36.2 Å². The van der Waals surface area contributed by atoms with E-state index in [0.717, 1.165) is 18.7 Å². The van der Waals surface area contributed by atoms with Gasteiger partial charge in [-0.25, -0.2) is 0 Å². The molecule has 3 nitrogen and oxygen atoms in total. The largest absolute Gasteiger partial charge is 0.379 e. The molecule has 1 aromatic carbocycles. The van der Waals surface area contributed by atoms with Crippen molar-refractivity contribution in [2.45, 2.75) is 6.42 Å². The summed E-state index contributed by atoms with van der Waals surface area (Å²) < 4.78 is 5.24. The highest BCUT2D eigenvalue weighted by molar-refractivity contribution is 6.33. The molecule has 1 saturated heterocycles. The maximum Gasteiger partial charge on any atom is 0.151 e. The number of Topliss-reactive ketones (excluding diaryl/α,β-unsaturated/α-hetero) is 1. The van der Waals surface area contributed by atoms with Gasteiger partial charge in [-0.1, -0.05) is 23.2 Å². The first-order chi connectivity index (χ1) is 8.65. The lowest BCUT2D eigenvalue weighted by Crippen LogP contribution is -2.39. The summed E-state index contributed by atoms with van der Waals surface area (Å²) in [5.41, 5.74) is 0.794. The van der Waals surface area contributed by atoms with Gasteiger partial charge in [0.1, 0.15) is 0 Å². The molecule has 0 radical (unpaired) electrons. The molecule has 0 aromatic heterocycles. The maximum absolute atomic E-state index is 12.0. The first-order valence-electron chi connectivity index (χ1n) is 5.91. The zero-order valence-corrected chi connectivity index (χ0v) is 12.7. The fourth-order valence-electron chi connectivity index (χ4n) is 1.96. The molecule has 0 aliphatic carbocycles. The van der Waals surface area contributed by atoms with E-state index < -0.39 is 0 Å². The van der Waals surface area contributed by atoms with Gasteiger partial charge in [0, 0.05) is 29.6 Å². The molecule has 1 aliphatic rings. The number of rotatable bonds is 4. The minimum absolute atomic E-state index is 0. The third-order valence-corrected chi connectivity index (χ3v) is 3.50. The van der Waals surface area contributed by atoms with Crippen molar-refractivity contribution in [1.29, 1.82) is 0 Å². The van der Waals surface area contributed by atoms with Crippen LogP contribution in [-0.2, 0) is 16.0 Å². The summed E-state index contributed by atoms with van der Waals surface area (Å²) in [6.45, 7) is 3.48. The Labute approximate surface area is 129 Å². The molecule has 19 heavy (non-hydrogen) atoms. The van der Waals surface area contributed by atoms with E-state index in [9.17, 15) is 4.79 Å². The molecular weight excluding hydrogens is 309 g/mol. The third-order valence-electron chi connectivity index (χ3n) is 2.90. The molecule has 0 saturated carbocycles. The number of ketones is 1. The fraction of sp³-hybridized carbons (Fsp3) is 0.462. The highest BCUT2D eigenvalue weighted by Gasteiger charge is 2.15. The smallest absolute Gasteiger partial charge is 0.151 e. The summed E-state index contributed by atoms with van der Waals surface area (Å²) in [5.74, 6) is 0.154. The van der Waals surface area contributed by atoms with E-state index in [2.05, 4.69) is 4.90 Å². The van der Waals surface area contributed by atoms with Crippen LogP contribution in [0.1, 0.15) is 5.56 Å². The first kappa shape index (κ1) is 16.7. The van der Waals surface area contributed by atoms with Crippen LogP contribution in [0.5, 0.6) is 0 Å². The molecule has 1 fully saturated rings. The predicted octanol–water partition coefficient (Wildman–Crippen LogP) is 2.86. The van der Waals surface area contributed by atoms with Crippen LogP contribution in [0.25, 0.3) is 0 Å². The van der Waals surface area contributed by atoms with Crippen LogP contribution in [-0.4, -0.2) is 43.5 Å². The van der Waals surface area contributed by atoms with Crippen molar-refractivity contribution in [2.75, 3.05) is 32.8 Å². The third kappa shape index (κ3) is 5.28. The first-order valence-corrected chi connectivity index (χ1v) is 6.66. The Morgan fingerprint density at radius 1 is 1.26 bits per heavy atom. The average Bonchev–Trinajstić information content (AvgIpc) is 2.35. The molecule has 0 atom stereocenters. The zero-order chi connectivity index (χ0) is 13.0. The molecule has 0 bridgehead atoms. The van der Waals surface area contributed by atoms with Crippen LogP contribution in [0.4, 0.5) is 0 Å². The number of carbonyl (C=O) groups is 1. The van der Waals surface area contributed by atoms with E-state index in [-0.39, 0.29) is 18.2 Å². The second kappa shape index (κ2) is 8.08. The number of halogens is 3. The van der Waals surface area contributed by atoms with Gasteiger partial charge in [-0.2, -0.15) is 0 Å². The van der Waals surface area contributed by atoms with E-state index in [1.165, 1.54) is 0 Å². The van der Waals surface area contributed by atoms with Crippen LogP contribution in [0.2, 0.25) is 10.0 Å². The van der Waals surface area contributed by atoms with Gasteiger partial charge in [0.2, 0.25) is 0 Å². The SMILES string of the molecule is Cl.O=C(Cc1cc(Cl)ccc1Cl)CN1CCOCC1. The quantitative estimate of drug-likeness (QED) is 0.853. The van der Waals surface area contributed by atoms with Gasteiger partial charge in [-0.15, -0.1) is 12.4 Å². The number of benzene rings is 1. The summed E-state index contributed by atoms with van der Waals surface area (Å²) in [6, 6.07) is 5.20. The Morgan fingerprint density at radius 3 is 2.63 bits per heavy atom. The Bertz CT molecular complexity index is 434. The van der Waals surface area contributed by atoms with Crippen LogP contribution < -0.4 is 0 Å². The molecule has 0 spiro atoms. The molecule has 0 unspecified atom stereocenters. The van der Waals surface area contributed by atoms with E-state index in [1.54, 1.807) is 18.2 Å².